The summed E-state index contributed by atoms with van der Waals surface area (Å²) in [5.74, 6) is 0.470. The monoisotopic (exact) mass is 258 g/mol. The predicted molar refractivity (Wildman–Crippen MR) is 67.5 cm³/mol. The molecule has 0 aliphatic rings. The molecule has 0 aliphatic heterocycles. The summed E-state index contributed by atoms with van der Waals surface area (Å²) in [6.45, 7) is 2.43. The smallest absolute Gasteiger partial charge is 0.240 e. The fourth-order valence-electron chi connectivity index (χ4n) is 1.35. The zero-order valence-electron chi connectivity index (χ0n) is 10.1. The van der Waals surface area contributed by atoms with Crippen molar-refractivity contribution in [3.63, 3.8) is 0 Å². The quantitative estimate of drug-likeness (QED) is 0.596. The summed E-state index contributed by atoms with van der Waals surface area (Å²) in [5, 5.41) is 0. The maximum atomic E-state index is 11.9. The van der Waals surface area contributed by atoms with Gasteiger partial charge in [0.25, 0.3) is 0 Å². The molecule has 3 N–H and O–H groups in total. The van der Waals surface area contributed by atoms with Crippen molar-refractivity contribution in [2.45, 2.75) is 24.7 Å². The van der Waals surface area contributed by atoms with E-state index in [0.29, 0.717) is 18.0 Å². The van der Waals surface area contributed by atoms with Gasteiger partial charge in [0.1, 0.15) is 5.75 Å². The number of hydrogen-bond donors (Lipinski definition) is 2. The lowest BCUT2D eigenvalue weighted by molar-refractivity contribution is 0.416. The number of anilines is 1. The van der Waals surface area contributed by atoms with Gasteiger partial charge in [-0.2, -0.15) is 0 Å². The van der Waals surface area contributed by atoms with Crippen LogP contribution in [-0.2, 0) is 10.0 Å². The third-order valence-corrected chi connectivity index (χ3v) is 3.79. The van der Waals surface area contributed by atoms with E-state index in [0.717, 1.165) is 12.8 Å². The second-order valence-electron chi connectivity index (χ2n) is 3.66. The Morgan fingerprint density at radius 3 is 2.65 bits per heavy atom. The van der Waals surface area contributed by atoms with E-state index in [1.807, 2.05) is 6.92 Å². The number of nitrogen functional groups attached to an aromatic ring is 1. The van der Waals surface area contributed by atoms with Crippen molar-refractivity contribution in [1.82, 2.24) is 4.72 Å². The molecule has 1 aromatic carbocycles. The number of sulfonamides is 1. The van der Waals surface area contributed by atoms with Crippen LogP contribution in [-0.4, -0.2) is 22.1 Å². The minimum Gasteiger partial charge on any atom is -0.495 e. The highest BCUT2D eigenvalue weighted by Gasteiger charge is 2.14. The zero-order chi connectivity index (χ0) is 12.9. The van der Waals surface area contributed by atoms with Crippen LogP contribution in [0.2, 0.25) is 0 Å². The summed E-state index contributed by atoms with van der Waals surface area (Å²) >= 11 is 0. The normalized spacial score (nSPS) is 11.4. The molecule has 0 fully saturated rings. The molecule has 0 saturated carbocycles. The molecule has 0 bridgehead atoms. The molecular weight excluding hydrogens is 240 g/mol. The summed E-state index contributed by atoms with van der Waals surface area (Å²) in [5.41, 5.74) is 5.98. The van der Waals surface area contributed by atoms with E-state index in [1.165, 1.54) is 19.2 Å². The van der Waals surface area contributed by atoms with Crippen LogP contribution in [0.25, 0.3) is 0 Å². The molecule has 1 rings (SSSR count). The van der Waals surface area contributed by atoms with Crippen molar-refractivity contribution in [1.29, 1.82) is 0 Å². The van der Waals surface area contributed by atoms with Crippen LogP contribution in [0, 0.1) is 0 Å². The number of methoxy groups -OCH3 is 1. The van der Waals surface area contributed by atoms with Gasteiger partial charge in [0, 0.05) is 6.54 Å². The van der Waals surface area contributed by atoms with Crippen LogP contribution in [0.5, 0.6) is 5.75 Å². The first-order valence-electron chi connectivity index (χ1n) is 5.44. The highest BCUT2D eigenvalue weighted by Crippen LogP contribution is 2.24. The van der Waals surface area contributed by atoms with E-state index in [9.17, 15) is 8.42 Å². The van der Waals surface area contributed by atoms with Gasteiger partial charge in [-0.15, -0.1) is 0 Å². The van der Waals surface area contributed by atoms with Gasteiger partial charge >= 0.3 is 0 Å². The van der Waals surface area contributed by atoms with E-state index in [4.69, 9.17) is 10.5 Å². The molecule has 0 amide bonds. The van der Waals surface area contributed by atoms with Crippen molar-refractivity contribution in [2.24, 2.45) is 0 Å². The van der Waals surface area contributed by atoms with E-state index >= 15 is 0 Å². The maximum Gasteiger partial charge on any atom is 0.240 e. The van der Waals surface area contributed by atoms with Crippen LogP contribution in [0.1, 0.15) is 19.8 Å². The second kappa shape index (κ2) is 5.88. The van der Waals surface area contributed by atoms with Gasteiger partial charge in [0.05, 0.1) is 17.7 Å². The Kier molecular flexibility index (Phi) is 4.77. The molecule has 6 heteroatoms. The van der Waals surface area contributed by atoms with E-state index in [1.54, 1.807) is 6.07 Å². The topological polar surface area (TPSA) is 81.4 Å². The maximum absolute atomic E-state index is 11.9. The Bertz CT molecular complexity index is 472. The molecule has 0 heterocycles. The summed E-state index contributed by atoms with van der Waals surface area (Å²) in [7, 11) is -1.98. The Hall–Kier alpha value is -1.27. The van der Waals surface area contributed by atoms with E-state index in [-0.39, 0.29) is 4.90 Å². The van der Waals surface area contributed by atoms with Crippen molar-refractivity contribution in [3.8, 4) is 5.75 Å². The molecule has 0 atom stereocenters. The Labute approximate surface area is 102 Å². The predicted octanol–water partition coefficient (Wildman–Crippen LogP) is 1.36. The number of hydrogen-bond acceptors (Lipinski definition) is 4. The molecule has 0 unspecified atom stereocenters. The average Bonchev–Trinajstić information content (AvgIpc) is 2.29. The Morgan fingerprint density at radius 1 is 1.41 bits per heavy atom. The fourth-order valence-corrected chi connectivity index (χ4v) is 2.46. The number of nitrogens with one attached hydrogen (secondary N) is 1. The van der Waals surface area contributed by atoms with Gasteiger partial charge in [0.15, 0.2) is 0 Å². The number of ether oxygens (including phenoxy) is 1. The second-order valence-corrected chi connectivity index (χ2v) is 5.42. The Balaban J connectivity index is 2.88. The van der Waals surface area contributed by atoms with Gasteiger partial charge in [-0.25, -0.2) is 13.1 Å². The van der Waals surface area contributed by atoms with Crippen LogP contribution in [0.15, 0.2) is 23.1 Å². The molecule has 0 radical (unpaired) electrons. The first-order chi connectivity index (χ1) is 8.01. The summed E-state index contributed by atoms with van der Waals surface area (Å²) < 4.78 is 31.2. The summed E-state index contributed by atoms with van der Waals surface area (Å²) in [4.78, 5) is 0.159. The lowest BCUT2D eigenvalue weighted by Gasteiger charge is -2.09. The van der Waals surface area contributed by atoms with Gasteiger partial charge in [-0.1, -0.05) is 13.3 Å². The lowest BCUT2D eigenvalue weighted by atomic mass is 10.3. The lowest BCUT2D eigenvalue weighted by Crippen LogP contribution is -2.24. The molecule has 96 valence electrons. The molecule has 0 saturated heterocycles. The van der Waals surface area contributed by atoms with Gasteiger partial charge < -0.3 is 10.5 Å². The number of nitrogens with two attached hydrogens (primary N) is 1. The molecule has 1 aromatic rings. The molecule has 0 aliphatic carbocycles. The van der Waals surface area contributed by atoms with Crippen molar-refractivity contribution in [3.05, 3.63) is 18.2 Å². The third kappa shape index (κ3) is 3.61. The minimum absolute atomic E-state index is 0.159. The van der Waals surface area contributed by atoms with Crippen LogP contribution < -0.4 is 15.2 Å². The Morgan fingerprint density at radius 2 is 2.12 bits per heavy atom. The van der Waals surface area contributed by atoms with Crippen LogP contribution in [0.4, 0.5) is 5.69 Å². The largest absolute Gasteiger partial charge is 0.495 e. The number of unbranched alkanes of at least 4 members (excludes halogenated alkanes) is 1. The molecule has 0 aromatic heterocycles. The summed E-state index contributed by atoms with van der Waals surface area (Å²) in [6, 6.07) is 4.42. The van der Waals surface area contributed by atoms with Crippen molar-refractivity contribution >= 4 is 15.7 Å². The van der Waals surface area contributed by atoms with Gasteiger partial charge in [-0.05, 0) is 24.6 Å². The first-order valence-corrected chi connectivity index (χ1v) is 6.92. The van der Waals surface area contributed by atoms with Gasteiger partial charge in [0.2, 0.25) is 10.0 Å². The fraction of sp³-hybridized carbons (Fsp3) is 0.455. The molecular formula is C11H18N2O3S. The minimum atomic E-state index is -3.47. The number of rotatable bonds is 6. The first kappa shape index (κ1) is 13.8. The highest BCUT2D eigenvalue weighted by molar-refractivity contribution is 7.89. The SMILES string of the molecule is CCCCNS(=O)(=O)c1ccc(OC)c(N)c1. The number of benzene rings is 1. The van der Waals surface area contributed by atoms with E-state index < -0.39 is 10.0 Å². The summed E-state index contributed by atoms with van der Waals surface area (Å²) in [6.07, 6.45) is 1.75. The van der Waals surface area contributed by atoms with Crippen molar-refractivity contribution < 1.29 is 13.2 Å². The van der Waals surface area contributed by atoms with Crippen LogP contribution >= 0.6 is 0 Å². The third-order valence-electron chi connectivity index (χ3n) is 2.33. The highest BCUT2D eigenvalue weighted by atomic mass is 32.2. The van der Waals surface area contributed by atoms with E-state index in [2.05, 4.69) is 4.72 Å². The van der Waals surface area contributed by atoms with Crippen LogP contribution in [0.3, 0.4) is 0 Å². The van der Waals surface area contributed by atoms with Crippen molar-refractivity contribution in [2.75, 3.05) is 19.4 Å². The standard InChI is InChI=1S/C11H18N2O3S/c1-3-4-7-13-17(14,15)9-5-6-11(16-2)10(12)8-9/h5-6,8,13H,3-4,7,12H2,1-2H3. The molecule has 5 nitrogen and oxygen atoms in total. The van der Waals surface area contributed by atoms with Gasteiger partial charge in [-0.3, -0.25) is 0 Å². The molecule has 17 heavy (non-hydrogen) atoms. The molecule has 0 spiro atoms. The average molecular weight is 258 g/mol. The zero-order valence-corrected chi connectivity index (χ0v) is 10.9.